The van der Waals surface area contributed by atoms with E-state index < -0.39 is 8.07 Å². The molecule has 2 aliphatic carbocycles. The smallest absolute Gasteiger partial charge is 0.0650 e. The zero-order chi connectivity index (χ0) is 16.2. The molecular weight excluding hydrogens is 292 g/mol. The lowest BCUT2D eigenvalue weighted by Crippen LogP contribution is -2.50. The van der Waals surface area contributed by atoms with Crippen LogP contribution in [-0.2, 0) is 19.3 Å². The lowest BCUT2D eigenvalue weighted by molar-refractivity contribution is 0.594. The van der Waals surface area contributed by atoms with Gasteiger partial charge in [-0.05, 0) is 58.9 Å². The zero-order valence-corrected chi connectivity index (χ0v) is 15.9. The van der Waals surface area contributed by atoms with Crippen LogP contribution in [0.15, 0.2) is 42.5 Å². The van der Waals surface area contributed by atoms with Gasteiger partial charge in [-0.2, -0.15) is 0 Å². The van der Waals surface area contributed by atoms with Crippen LogP contribution < -0.4 is 5.19 Å². The van der Waals surface area contributed by atoms with Crippen molar-refractivity contribution in [3.05, 3.63) is 64.7 Å². The van der Waals surface area contributed by atoms with Gasteiger partial charge in [0.05, 0.1) is 8.07 Å². The van der Waals surface area contributed by atoms with Gasteiger partial charge in [-0.15, -0.1) is 0 Å². The van der Waals surface area contributed by atoms with Gasteiger partial charge in [0.25, 0.3) is 0 Å². The Morgan fingerprint density at radius 2 is 1.57 bits per heavy atom. The Morgan fingerprint density at radius 3 is 2.39 bits per heavy atom. The number of hydrogen-bond donors (Lipinski definition) is 0. The van der Waals surface area contributed by atoms with Gasteiger partial charge in [0, 0.05) is 0 Å². The molecule has 0 fully saturated rings. The maximum atomic E-state index is 2.62. The van der Waals surface area contributed by atoms with Crippen LogP contribution in [0.4, 0.5) is 0 Å². The summed E-state index contributed by atoms with van der Waals surface area (Å²) in [5.41, 5.74) is 7.37. The first-order valence-electron chi connectivity index (χ1n) is 9.17. The third kappa shape index (κ3) is 2.32. The Balaban J connectivity index is 1.82. The molecule has 4 rings (SSSR count). The second kappa shape index (κ2) is 5.34. The summed E-state index contributed by atoms with van der Waals surface area (Å²) in [6.07, 6.45) is 3.85. The zero-order valence-electron chi connectivity index (χ0n) is 14.9. The topological polar surface area (TPSA) is 0 Å². The van der Waals surface area contributed by atoms with E-state index in [2.05, 4.69) is 69.4 Å². The van der Waals surface area contributed by atoms with E-state index in [4.69, 9.17) is 0 Å². The highest BCUT2D eigenvalue weighted by atomic mass is 28.3. The molecular formula is C22H28Si. The van der Waals surface area contributed by atoms with Crippen LogP contribution in [0.2, 0.25) is 13.1 Å². The van der Waals surface area contributed by atoms with Crippen molar-refractivity contribution >= 4 is 13.3 Å². The van der Waals surface area contributed by atoms with Crippen molar-refractivity contribution in [1.82, 2.24) is 0 Å². The Labute approximate surface area is 142 Å². The van der Waals surface area contributed by atoms with Crippen molar-refractivity contribution < 1.29 is 0 Å². The first kappa shape index (κ1) is 15.2. The highest BCUT2D eigenvalue weighted by Gasteiger charge is 2.44. The number of hydrogen-bond acceptors (Lipinski definition) is 0. The van der Waals surface area contributed by atoms with Crippen molar-refractivity contribution in [2.45, 2.75) is 51.7 Å². The van der Waals surface area contributed by atoms with Crippen molar-refractivity contribution in [1.29, 1.82) is 0 Å². The van der Waals surface area contributed by atoms with Crippen molar-refractivity contribution in [3.63, 3.8) is 0 Å². The summed E-state index contributed by atoms with van der Waals surface area (Å²) in [6, 6.07) is 16.4. The van der Waals surface area contributed by atoms with Crippen LogP contribution in [-0.4, -0.2) is 8.07 Å². The largest absolute Gasteiger partial charge is 0.0886 e. The fourth-order valence-corrected chi connectivity index (χ4v) is 10.0. The first-order chi connectivity index (χ1) is 11.0. The summed E-state index contributed by atoms with van der Waals surface area (Å²) >= 11 is 0. The molecule has 0 radical (unpaired) electrons. The van der Waals surface area contributed by atoms with Gasteiger partial charge in [-0.25, -0.2) is 0 Å². The second-order valence-electron chi connectivity index (χ2n) is 8.54. The van der Waals surface area contributed by atoms with Crippen LogP contribution >= 0.6 is 0 Å². The second-order valence-corrected chi connectivity index (χ2v) is 13.1. The quantitative estimate of drug-likeness (QED) is 0.694. The maximum absolute atomic E-state index is 2.62. The lowest BCUT2D eigenvalue weighted by atomic mass is 10.1. The molecule has 0 heterocycles. The highest BCUT2D eigenvalue weighted by Crippen LogP contribution is 2.44. The summed E-state index contributed by atoms with van der Waals surface area (Å²) in [6.45, 7) is 10.1. The summed E-state index contributed by atoms with van der Waals surface area (Å²) in [5.74, 6) is 1.60. The van der Waals surface area contributed by atoms with Gasteiger partial charge in [0.1, 0.15) is 0 Å². The Morgan fingerprint density at radius 1 is 0.826 bits per heavy atom. The third-order valence-electron chi connectivity index (χ3n) is 6.37. The Bertz CT molecular complexity index is 743. The minimum absolute atomic E-state index is 0.765. The molecule has 2 aromatic carbocycles. The van der Waals surface area contributed by atoms with Crippen molar-refractivity contribution in [2.75, 3.05) is 0 Å². The molecule has 3 unspecified atom stereocenters. The number of rotatable bonds is 2. The fraction of sp³-hybridized carbons (Fsp3) is 0.455. The molecule has 2 aliphatic rings. The standard InChI is InChI=1S/C22H28Si/c1-15-12-17-9-7-11-21(20(17)13-15)23(3,4)22-16(2)14-18-8-5-6-10-19(18)22/h5-11,15-16,22H,12-14H2,1-4H3. The van der Waals surface area contributed by atoms with E-state index in [0.29, 0.717) is 0 Å². The van der Waals surface area contributed by atoms with Crippen LogP contribution in [0.3, 0.4) is 0 Å². The maximum Gasteiger partial charge on any atom is 0.0886 e. The number of fused-ring (bicyclic) bond motifs is 2. The van der Waals surface area contributed by atoms with E-state index in [-0.39, 0.29) is 0 Å². The monoisotopic (exact) mass is 320 g/mol. The minimum atomic E-state index is -1.55. The molecule has 23 heavy (non-hydrogen) atoms. The first-order valence-corrected chi connectivity index (χ1v) is 12.2. The van der Waals surface area contributed by atoms with E-state index in [0.717, 1.165) is 17.4 Å². The summed E-state index contributed by atoms with van der Waals surface area (Å²) in [4.78, 5) is 0. The highest BCUT2D eigenvalue weighted by molar-refractivity contribution is 6.91. The molecule has 0 saturated carbocycles. The van der Waals surface area contributed by atoms with E-state index in [9.17, 15) is 0 Å². The van der Waals surface area contributed by atoms with Gasteiger partial charge in [0.15, 0.2) is 0 Å². The molecule has 0 saturated heterocycles. The van der Waals surface area contributed by atoms with Gasteiger partial charge in [0.2, 0.25) is 0 Å². The molecule has 3 atom stereocenters. The molecule has 120 valence electrons. The van der Waals surface area contributed by atoms with E-state index >= 15 is 0 Å². The summed E-state index contributed by atoms with van der Waals surface area (Å²) in [5, 5.41) is 1.74. The van der Waals surface area contributed by atoms with Gasteiger partial charge < -0.3 is 0 Å². The van der Waals surface area contributed by atoms with Crippen LogP contribution in [0.1, 0.15) is 41.6 Å². The molecule has 0 nitrogen and oxygen atoms in total. The minimum Gasteiger partial charge on any atom is -0.0650 e. The van der Waals surface area contributed by atoms with Crippen LogP contribution in [0.25, 0.3) is 0 Å². The van der Waals surface area contributed by atoms with Crippen molar-refractivity contribution in [3.8, 4) is 0 Å². The molecule has 0 N–H and O–H groups in total. The average molecular weight is 321 g/mol. The predicted molar refractivity (Wildman–Crippen MR) is 102 cm³/mol. The SMILES string of the molecule is CC1Cc2cccc([Si](C)(C)C3c4ccccc4CC3C)c2C1. The van der Waals surface area contributed by atoms with Gasteiger partial charge in [-0.1, -0.05) is 74.6 Å². The van der Waals surface area contributed by atoms with E-state index in [1.165, 1.54) is 19.3 Å². The molecule has 0 aromatic heterocycles. The molecule has 2 aromatic rings. The van der Waals surface area contributed by atoms with Gasteiger partial charge in [-0.3, -0.25) is 0 Å². The van der Waals surface area contributed by atoms with E-state index in [1.807, 2.05) is 0 Å². The molecule has 1 heteroatoms. The molecule has 0 amide bonds. The third-order valence-corrected chi connectivity index (χ3v) is 10.7. The lowest BCUT2D eigenvalue weighted by Gasteiger charge is -2.35. The van der Waals surface area contributed by atoms with Crippen molar-refractivity contribution in [2.24, 2.45) is 11.8 Å². The van der Waals surface area contributed by atoms with E-state index in [1.54, 1.807) is 27.4 Å². The Kier molecular flexibility index (Phi) is 3.53. The molecule has 0 spiro atoms. The summed E-state index contributed by atoms with van der Waals surface area (Å²) in [7, 11) is -1.55. The Hall–Kier alpha value is -1.34. The molecule has 0 bridgehead atoms. The fourth-order valence-electron chi connectivity index (χ4n) is 5.53. The average Bonchev–Trinajstić information content (AvgIpc) is 3.04. The van der Waals surface area contributed by atoms with Crippen LogP contribution in [0.5, 0.6) is 0 Å². The van der Waals surface area contributed by atoms with Gasteiger partial charge >= 0.3 is 0 Å². The predicted octanol–water partition coefficient (Wildman–Crippen LogP) is 4.85. The normalized spacial score (nSPS) is 26.2. The number of benzene rings is 2. The van der Waals surface area contributed by atoms with Crippen LogP contribution in [0, 0.1) is 11.8 Å². The molecule has 0 aliphatic heterocycles. The summed E-state index contributed by atoms with van der Waals surface area (Å²) < 4.78 is 0.